The Balaban J connectivity index is 1.46. The molecule has 0 unspecified atom stereocenters. The van der Waals surface area contributed by atoms with Crippen LogP contribution in [0.1, 0.15) is 24.5 Å². The van der Waals surface area contributed by atoms with Gasteiger partial charge in [0.1, 0.15) is 5.75 Å². The van der Waals surface area contributed by atoms with Crippen molar-refractivity contribution >= 4 is 0 Å². The standard InChI is InChI=1S/C26H34N4O2/c1-3-32-25-12-8-7-11-22(25)19-30-15-14-29(20-24(30)13-16-31)18-23-17-28(2)27-26(23)21-9-5-4-6-10-21/h4-12,17,24,31H,3,13-16,18-20H2,1-2H3/t24-/m0/s1. The molecule has 6 heteroatoms. The van der Waals surface area contributed by atoms with Crippen LogP contribution in [0, 0.1) is 0 Å². The van der Waals surface area contributed by atoms with E-state index in [4.69, 9.17) is 9.84 Å². The second-order valence-corrected chi connectivity index (χ2v) is 8.46. The predicted molar refractivity (Wildman–Crippen MR) is 127 cm³/mol. The van der Waals surface area contributed by atoms with Gasteiger partial charge in [0, 0.05) is 75.3 Å². The van der Waals surface area contributed by atoms with Crippen LogP contribution in [0.15, 0.2) is 60.8 Å². The van der Waals surface area contributed by atoms with E-state index in [9.17, 15) is 5.11 Å². The number of aliphatic hydroxyl groups is 1. The van der Waals surface area contributed by atoms with Gasteiger partial charge in [-0.3, -0.25) is 14.5 Å². The van der Waals surface area contributed by atoms with Crippen molar-refractivity contribution in [3.8, 4) is 17.0 Å². The minimum Gasteiger partial charge on any atom is -0.494 e. The minimum atomic E-state index is 0.199. The number of para-hydroxylation sites is 1. The summed E-state index contributed by atoms with van der Waals surface area (Å²) in [5.41, 5.74) is 4.67. The highest BCUT2D eigenvalue weighted by Crippen LogP contribution is 2.26. The van der Waals surface area contributed by atoms with Crippen LogP contribution in [0.25, 0.3) is 11.3 Å². The average Bonchev–Trinajstić information content (AvgIpc) is 3.17. The van der Waals surface area contributed by atoms with E-state index in [0.717, 1.165) is 56.2 Å². The van der Waals surface area contributed by atoms with E-state index in [1.165, 1.54) is 11.1 Å². The zero-order chi connectivity index (χ0) is 22.3. The summed E-state index contributed by atoms with van der Waals surface area (Å²) in [4.78, 5) is 4.99. The second-order valence-electron chi connectivity index (χ2n) is 8.46. The molecule has 1 aromatic heterocycles. The summed E-state index contributed by atoms with van der Waals surface area (Å²) < 4.78 is 7.74. The fraction of sp³-hybridized carbons (Fsp3) is 0.423. The van der Waals surface area contributed by atoms with Gasteiger partial charge in [-0.25, -0.2) is 0 Å². The van der Waals surface area contributed by atoms with Gasteiger partial charge in [-0.15, -0.1) is 0 Å². The first-order valence-electron chi connectivity index (χ1n) is 11.5. The van der Waals surface area contributed by atoms with E-state index in [2.05, 4.69) is 52.4 Å². The molecule has 0 bridgehead atoms. The number of aliphatic hydroxyl groups excluding tert-OH is 1. The van der Waals surface area contributed by atoms with Gasteiger partial charge in [-0.2, -0.15) is 5.10 Å². The van der Waals surface area contributed by atoms with Gasteiger partial charge in [0.2, 0.25) is 0 Å². The third-order valence-corrected chi connectivity index (χ3v) is 6.14. The van der Waals surface area contributed by atoms with E-state index in [1.54, 1.807) is 0 Å². The molecule has 2 aromatic carbocycles. The van der Waals surface area contributed by atoms with Gasteiger partial charge in [0.05, 0.1) is 12.3 Å². The molecule has 1 aliphatic heterocycles. The molecule has 0 amide bonds. The fourth-order valence-corrected chi connectivity index (χ4v) is 4.61. The zero-order valence-electron chi connectivity index (χ0n) is 19.2. The van der Waals surface area contributed by atoms with Crippen molar-refractivity contribution in [1.29, 1.82) is 0 Å². The summed E-state index contributed by atoms with van der Waals surface area (Å²) in [7, 11) is 1.98. The van der Waals surface area contributed by atoms with Gasteiger partial charge in [0.25, 0.3) is 0 Å². The lowest BCUT2D eigenvalue weighted by Gasteiger charge is -2.41. The van der Waals surface area contributed by atoms with Crippen molar-refractivity contribution in [3.63, 3.8) is 0 Å². The quantitative estimate of drug-likeness (QED) is 0.558. The van der Waals surface area contributed by atoms with Crippen molar-refractivity contribution < 1.29 is 9.84 Å². The summed E-state index contributed by atoms with van der Waals surface area (Å²) in [5, 5.41) is 14.5. The van der Waals surface area contributed by atoms with Crippen LogP contribution >= 0.6 is 0 Å². The third kappa shape index (κ3) is 5.38. The molecule has 0 spiro atoms. The molecule has 1 fully saturated rings. The molecule has 6 nitrogen and oxygen atoms in total. The summed E-state index contributed by atoms with van der Waals surface area (Å²) >= 11 is 0. The molecule has 170 valence electrons. The van der Waals surface area contributed by atoms with Crippen LogP contribution in [-0.2, 0) is 20.1 Å². The smallest absolute Gasteiger partial charge is 0.123 e. The molecule has 1 N–H and O–H groups in total. The SMILES string of the molecule is CCOc1ccccc1CN1CCN(Cc2cn(C)nc2-c2ccccc2)C[C@@H]1CCO. The summed E-state index contributed by atoms with van der Waals surface area (Å²) in [6, 6.07) is 19.0. The summed E-state index contributed by atoms with van der Waals surface area (Å²) in [5.74, 6) is 0.961. The van der Waals surface area contributed by atoms with Gasteiger partial charge >= 0.3 is 0 Å². The van der Waals surface area contributed by atoms with Gasteiger partial charge in [-0.05, 0) is 19.4 Å². The Bertz CT molecular complexity index is 989. The molecular weight excluding hydrogens is 400 g/mol. The Labute approximate surface area is 191 Å². The molecule has 0 radical (unpaired) electrons. The monoisotopic (exact) mass is 434 g/mol. The first kappa shape index (κ1) is 22.5. The Kier molecular flexibility index (Phi) is 7.58. The van der Waals surface area contributed by atoms with Crippen molar-refractivity contribution in [3.05, 3.63) is 71.9 Å². The Morgan fingerprint density at radius 1 is 1.00 bits per heavy atom. The van der Waals surface area contributed by atoms with Crippen molar-refractivity contribution in [2.24, 2.45) is 7.05 Å². The third-order valence-electron chi connectivity index (χ3n) is 6.14. The molecule has 1 aliphatic rings. The number of benzene rings is 2. The number of aryl methyl sites for hydroxylation is 1. The normalized spacial score (nSPS) is 17.5. The molecule has 1 saturated heterocycles. The lowest BCUT2D eigenvalue weighted by atomic mass is 10.0. The molecule has 32 heavy (non-hydrogen) atoms. The van der Waals surface area contributed by atoms with Crippen LogP contribution in [0.2, 0.25) is 0 Å². The molecule has 1 atom stereocenters. The van der Waals surface area contributed by atoms with Crippen LogP contribution in [0.5, 0.6) is 5.75 Å². The van der Waals surface area contributed by atoms with Gasteiger partial charge in [0.15, 0.2) is 0 Å². The van der Waals surface area contributed by atoms with Crippen molar-refractivity contribution in [1.82, 2.24) is 19.6 Å². The number of hydrogen-bond donors (Lipinski definition) is 1. The second kappa shape index (κ2) is 10.8. The Morgan fingerprint density at radius 2 is 1.78 bits per heavy atom. The number of ether oxygens (including phenoxy) is 1. The van der Waals surface area contributed by atoms with E-state index in [-0.39, 0.29) is 6.61 Å². The van der Waals surface area contributed by atoms with E-state index >= 15 is 0 Å². The Morgan fingerprint density at radius 3 is 2.56 bits per heavy atom. The largest absolute Gasteiger partial charge is 0.494 e. The van der Waals surface area contributed by atoms with E-state index < -0.39 is 0 Å². The minimum absolute atomic E-state index is 0.199. The predicted octanol–water partition coefficient (Wildman–Crippen LogP) is 3.55. The van der Waals surface area contributed by atoms with Crippen LogP contribution in [0.4, 0.5) is 0 Å². The number of hydrogen-bond acceptors (Lipinski definition) is 5. The Hall–Kier alpha value is -2.67. The first-order chi connectivity index (χ1) is 15.7. The lowest BCUT2D eigenvalue weighted by Crippen LogP contribution is -2.52. The zero-order valence-corrected chi connectivity index (χ0v) is 19.2. The molecule has 2 heterocycles. The molecule has 3 aromatic rings. The maximum Gasteiger partial charge on any atom is 0.123 e. The summed E-state index contributed by atoms with van der Waals surface area (Å²) in [6.45, 7) is 7.48. The number of rotatable bonds is 9. The molecule has 4 rings (SSSR count). The molecule has 0 aliphatic carbocycles. The van der Waals surface area contributed by atoms with Crippen LogP contribution in [-0.4, -0.2) is 63.6 Å². The topological polar surface area (TPSA) is 53.8 Å². The highest BCUT2D eigenvalue weighted by molar-refractivity contribution is 5.62. The highest BCUT2D eigenvalue weighted by atomic mass is 16.5. The van der Waals surface area contributed by atoms with Crippen LogP contribution in [0.3, 0.4) is 0 Å². The lowest BCUT2D eigenvalue weighted by molar-refractivity contribution is 0.0494. The molecule has 0 saturated carbocycles. The van der Waals surface area contributed by atoms with Gasteiger partial charge < -0.3 is 9.84 Å². The molecular formula is C26H34N4O2. The first-order valence-corrected chi connectivity index (χ1v) is 11.5. The maximum absolute atomic E-state index is 9.73. The van der Waals surface area contributed by atoms with Crippen molar-refractivity contribution in [2.45, 2.75) is 32.5 Å². The number of piperazine rings is 1. The van der Waals surface area contributed by atoms with E-state index in [0.29, 0.717) is 12.6 Å². The average molecular weight is 435 g/mol. The fourth-order valence-electron chi connectivity index (χ4n) is 4.61. The maximum atomic E-state index is 9.73. The highest BCUT2D eigenvalue weighted by Gasteiger charge is 2.28. The number of nitrogens with zero attached hydrogens (tertiary/aromatic N) is 4. The van der Waals surface area contributed by atoms with Crippen molar-refractivity contribution in [2.75, 3.05) is 32.8 Å². The summed E-state index contributed by atoms with van der Waals surface area (Å²) in [6.07, 6.45) is 2.90. The number of aromatic nitrogens is 2. The van der Waals surface area contributed by atoms with Gasteiger partial charge in [-0.1, -0.05) is 48.5 Å². The van der Waals surface area contributed by atoms with E-state index in [1.807, 2.05) is 36.9 Å². The van der Waals surface area contributed by atoms with Crippen LogP contribution < -0.4 is 4.74 Å².